The Bertz CT molecular complexity index is 837. The van der Waals surface area contributed by atoms with E-state index in [0.29, 0.717) is 23.8 Å². The summed E-state index contributed by atoms with van der Waals surface area (Å²) < 4.78 is 18.8. The van der Waals surface area contributed by atoms with Gasteiger partial charge >= 0.3 is 6.03 Å². The molecule has 0 atom stereocenters. The Labute approximate surface area is 144 Å². The molecular weight excluding hydrogens is 323 g/mol. The van der Waals surface area contributed by atoms with Crippen LogP contribution < -0.4 is 15.4 Å². The number of H-pyrrole nitrogens is 1. The van der Waals surface area contributed by atoms with Gasteiger partial charge in [-0.15, -0.1) is 0 Å². The minimum absolute atomic E-state index is 0.242. The van der Waals surface area contributed by atoms with Crippen LogP contribution in [-0.2, 0) is 13.2 Å². The molecule has 0 radical (unpaired) electrons. The summed E-state index contributed by atoms with van der Waals surface area (Å²) in [6.07, 6.45) is 3.31. The molecule has 3 N–H and O–H groups in total. The molecule has 2 aromatic carbocycles. The van der Waals surface area contributed by atoms with Gasteiger partial charge in [-0.2, -0.15) is 0 Å². The quantitative estimate of drug-likeness (QED) is 0.643. The summed E-state index contributed by atoms with van der Waals surface area (Å²) in [6.45, 7) is 0.542. The molecule has 128 valence electrons. The predicted molar refractivity (Wildman–Crippen MR) is 91.6 cm³/mol. The van der Waals surface area contributed by atoms with E-state index in [4.69, 9.17) is 4.74 Å². The molecule has 1 heterocycles. The summed E-state index contributed by atoms with van der Waals surface area (Å²) in [5, 5.41) is 5.41. The average Bonchev–Trinajstić information content (AvgIpc) is 3.12. The molecule has 0 aliphatic heterocycles. The van der Waals surface area contributed by atoms with Gasteiger partial charge in [0, 0.05) is 24.1 Å². The van der Waals surface area contributed by atoms with Gasteiger partial charge in [0.1, 0.15) is 24.0 Å². The molecule has 0 unspecified atom stereocenters. The highest BCUT2D eigenvalue weighted by Crippen LogP contribution is 2.18. The zero-order valence-electron chi connectivity index (χ0n) is 13.3. The number of anilines is 1. The first kappa shape index (κ1) is 16.5. The van der Waals surface area contributed by atoms with E-state index < -0.39 is 0 Å². The van der Waals surface area contributed by atoms with E-state index in [1.165, 1.54) is 12.1 Å². The van der Waals surface area contributed by atoms with Crippen molar-refractivity contribution in [3.8, 4) is 5.75 Å². The van der Waals surface area contributed by atoms with Crippen molar-refractivity contribution in [1.82, 2.24) is 15.3 Å². The molecule has 0 aliphatic carbocycles. The average molecular weight is 340 g/mol. The van der Waals surface area contributed by atoms with Crippen molar-refractivity contribution in [2.75, 3.05) is 5.32 Å². The lowest BCUT2D eigenvalue weighted by Gasteiger charge is -2.10. The van der Waals surface area contributed by atoms with Crippen LogP contribution in [0.3, 0.4) is 0 Å². The van der Waals surface area contributed by atoms with Gasteiger partial charge < -0.3 is 20.4 Å². The zero-order valence-corrected chi connectivity index (χ0v) is 13.3. The minimum atomic E-state index is -0.348. The number of halogens is 1. The van der Waals surface area contributed by atoms with Gasteiger partial charge in [-0.3, -0.25) is 0 Å². The molecule has 1 aromatic heterocycles. The van der Waals surface area contributed by atoms with E-state index in [1.54, 1.807) is 48.8 Å². The summed E-state index contributed by atoms with van der Waals surface area (Å²) in [7, 11) is 0. The van der Waals surface area contributed by atoms with Crippen LogP contribution in [0.5, 0.6) is 5.75 Å². The van der Waals surface area contributed by atoms with Gasteiger partial charge in [0.05, 0.1) is 6.54 Å². The third kappa shape index (κ3) is 5.07. The van der Waals surface area contributed by atoms with Gasteiger partial charge in [-0.25, -0.2) is 14.2 Å². The number of aromatic amines is 1. The highest BCUT2D eigenvalue weighted by atomic mass is 19.1. The Morgan fingerprint density at radius 2 is 2.08 bits per heavy atom. The normalized spacial score (nSPS) is 10.3. The molecule has 0 bridgehead atoms. The maximum Gasteiger partial charge on any atom is 0.319 e. The van der Waals surface area contributed by atoms with Crippen LogP contribution in [0.25, 0.3) is 0 Å². The van der Waals surface area contributed by atoms with Gasteiger partial charge in [0.15, 0.2) is 0 Å². The van der Waals surface area contributed by atoms with Crippen LogP contribution in [0.1, 0.15) is 11.4 Å². The second kappa shape index (κ2) is 7.96. The first-order valence-corrected chi connectivity index (χ1v) is 7.69. The van der Waals surface area contributed by atoms with E-state index >= 15 is 0 Å². The molecular formula is C18H17FN4O2. The molecule has 0 saturated heterocycles. The lowest BCUT2D eigenvalue weighted by molar-refractivity contribution is 0.251. The third-order valence-corrected chi connectivity index (χ3v) is 3.36. The second-order valence-electron chi connectivity index (χ2n) is 5.29. The number of ether oxygens (including phenoxy) is 1. The molecule has 0 fully saturated rings. The number of nitrogens with zero attached hydrogens (tertiary/aromatic N) is 1. The lowest BCUT2D eigenvalue weighted by atomic mass is 10.2. The van der Waals surface area contributed by atoms with Crippen molar-refractivity contribution in [2.45, 2.75) is 13.2 Å². The molecule has 3 aromatic rings. The van der Waals surface area contributed by atoms with Crippen LogP contribution in [0.4, 0.5) is 14.9 Å². The van der Waals surface area contributed by atoms with Gasteiger partial charge in [0.2, 0.25) is 0 Å². The number of carbonyl (C=O) groups excluding carboxylic acids is 1. The fraction of sp³-hybridized carbons (Fsp3) is 0.111. The smallest absolute Gasteiger partial charge is 0.319 e. The zero-order chi connectivity index (χ0) is 17.5. The molecule has 25 heavy (non-hydrogen) atoms. The van der Waals surface area contributed by atoms with Gasteiger partial charge in [-0.05, 0) is 29.8 Å². The van der Waals surface area contributed by atoms with Crippen LogP contribution in [0.2, 0.25) is 0 Å². The summed E-state index contributed by atoms with van der Waals surface area (Å²) >= 11 is 0. The third-order valence-electron chi connectivity index (χ3n) is 3.36. The number of hydrogen-bond acceptors (Lipinski definition) is 3. The van der Waals surface area contributed by atoms with Crippen molar-refractivity contribution < 1.29 is 13.9 Å². The molecule has 7 heteroatoms. The fourth-order valence-electron chi connectivity index (χ4n) is 2.19. The Hall–Kier alpha value is -3.35. The van der Waals surface area contributed by atoms with Crippen LogP contribution >= 0.6 is 0 Å². The van der Waals surface area contributed by atoms with Crippen molar-refractivity contribution in [2.24, 2.45) is 0 Å². The standard InChI is InChI=1S/C18H17FN4O2/c19-14-4-1-3-13(9-14)12-25-16-6-2-5-15(10-16)23-18(24)22-11-17-20-7-8-21-17/h1-10H,11-12H2,(H,20,21)(H2,22,23,24). The largest absolute Gasteiger partial charge is 0.489 e. The summed E-state index contributed by atoms with van der Waals surface area (Å²) in [5.41, 5.74) is 1.32. The van der Waals surface area contributed by atoms with E-state index in [0.717, 1.165) is 5.56 Å². The second-order valence-corrected chi connectivity index (χ2v) is 5.29. The number of imidazole rings is 1. The van der Waals surface area contributed by atoms with E-state index in [9.17, 15) is 9.18 Å². The Morgan fingerprint density at radius 1 is 1.20 bits per heavy atom. The number of urea groups is 1. The minimum Gasteiger partial charge on any atom is -0.489 e. The lowest BCUT2D eigenvalue weighted by Crippen LogP contribution is -2.28. The SMILES string of the molecule is O=C(NCc1ncc[nH]1)Nc1cccc(OCc2cccc(F)c2)c1. The van der Waals surface area contributed by atoms with Crippen molar-refractivity contribution in [3.05, 3.63) is 78.1 Å². The number of amides is 2. The predicted octanol–water partition coefficient (Wildman–Crippen LogP) is 3.45. The summed E-state index contributed by atoms with van der Waals surface area (Å²) in [5.74, 6) is 0.945. The molecule has 0 aliphatic rings. The number of benzene rings is 2. The van der Waals surface area contributed by atoms with Crippen LogP contribution in [-0.4, -0.2) is 16.0 Å². The number of aromatic nitrogens is 2. The van der Waals surface area contributed by atoms with E-state index in [1.807, 2.05) is 0 Å². The summed E-state index contributed by atoms with van der Waals surface area (Å²) in [6, 6.07) is 12.9. The number of rotatable bonds is 6. The number of carbonyl (C=O) groups is 1. The highest BCUT2D eigenvalue weighted by molar-refractivity contribution is 5.89. The first-order chi connectivity index (χ1) is 12.2. The van der Waals surface area contributed by atoms with Crippen LogP contribution in [0.15, 0.2) is 60.9 Å². The maximum atomic E-state index is 13.2. The molecule has 6 nitrogen and oxygen atoms in total. The molecule has 0 saturated carbocycles. The van der Waals surface area contributed by atoms with Crippen molar-refractivity contribution >= 4 is 11.7 Å². The Kier molecular flexibility index (Phi) is 5.26. The highest BCUT2D eigenvalue weighted by Gasteiger charge is 2.04. The van der Waals surface area contributed by atoms with Crippen molar-refractivity contribution in [1.29, 1.82) is 0 Å². The molecule has 2 amide bonds. The van der Waals surface area contributed by atoms with Crippen LogP contribution in [0, 0.1) is 5.82 Å². The number of hydrogen-bond donors (Lipinski definition) is 3. The fourth-order valence-corrected chi connectivity index (χ4v) is 2.19. The first-order valence-electron chi connectivity index (χ1n) is 7.69. The topological polar surface area (TPSA) is 79.0 Å². The molecule has 0 spiro atoms. The van der Waals surface area contributed by atoms with E-state index in [-0.39, 0.29) is 18.5 Å². The Morgan fingerprint density at radius 3 is 2.88 bits per heavy atom. The molecule has 3 rings (SSSR count). The maximum absolute atomic E-state index is 13.2. The number of nitrogens with one attached hydrogen (secondary N) is 3. The Balaban J connectivity index is 1.53. The monoisotopic (exact) mass is 340 g/mol. The summed E-state index contributed by atoms with van der Waals surface area (Å²) in [4.78, 5) is 18.8. The van der Waals surface area contributed by atoms with Gasteiger partial charge in [0.25, 0.3) is 0 Å². The van der Waals surface area contributed by atoms with Crippen molar-refractivity contribution in [3.63, 3.8) is 0 Å². The van der Waals surface area contributed by atoms with E-state index in [2.05, 4.69) is 20.6 Å². The van der Waals surface area contributed by atoms with Gasteiger partial charge in [-0.1, -0.05) is 18.2 Å².